The van der Waals surface area contributed by atoms with Crippen LogP contribution in [0.15, 0.2) is 58.0 Å². The van der Waals surface area contributed by atoms with Crippen LogP contribution in [0.3, 0.4) is 0 Å². The molecule has 4 rings (SSSR count). The molecule has 1 heterocycles. The van der Waals surface area contributed by atoms with Crippen molar-refractivity contribution in [1.82, 2.24) is 0 Å². The molecule has 1 fully saturated rings. The third kappa shape index (κ3) is 3.96. The van der Waals surface area contributed by atoms with Crippen LogP contribution in [0.2, 0.25) is 0 Å². The van der Waals surface area contributed by atoms with Crippen LogP contribution >= 0.6 is 15.9 Å². The Morgan fingerprint density at radius 2 is 1.58 bits per heavy atom. The van der Waals surface area contributed by atoms with Gasteiger partial charge in [0.2, 0.25) is 0 Å². The average molecular weight is 414 g/mol. The van der Waals surface area contributed by atoms with Crippen molar-refractivity contribution in [2.24, 2.45) is 4.99 Å². The first-order chi connectivity index (χ1) is 12.8. The van der Waals surface area contributed by atoms with E-state index in [1.807, 2.05) is 19.9 Å². The second kappa shape index (κ2) is 8.72. The molecule has 1 spiro atoms. The zero-order valence-electron chi connectivity index (χ0n) is 15.7. The van der Waals surface area contributed by atoms with Crippen molar-refractivity contribution >= 4 is 33.1 Å². The molecule has 2 aromatic carbocycles. The highest BCUT2D eigenvalue weighted by Crippen LogP contribution is 2.39. The minimum Gasteiger partial charge on any atom is -0.371 e. The van der Waals surface area contributed by atoms with Gasteiger partial charge in [0.1, 0.15) is 5.84 Å². The van der Waals surface area contributed by atoms with E-state index in [0.29, 0.717) is 6.54 Å². The second-order valence-corrected chi connectivity index (χ2v) is 7.55. The van der Waals surface area contributed by atoms with Gasteiger partial charge in [0.15, 0.2) is 0 Å². The smallest absolute Gasteiger partial charge is 0.127 e. The first kappa shape index (κ1) is 19.0. The largest absolute Gasteiger partial charge is 0.371 e. The van der Waals surface area contributed by atoms with E-state index < -0.39 is 0 Å². The van der Waals surface area contributed by atoms with Gasteiger partial charge in [-0.25, -0.2) is 0 Å². The lowest BCUT2D eigenvalue weighted by molar-refractivity contribution is 0.403. The molecule has 0 amide bonds. The fraction of sp³-hybridized carbons (Fsp3) is 0.409. The zero-order chi connectivity index (χ0) is 18.4. The number of fused-ring (bicyclic) bond motifs is 1. The number of halogens is 1. The van der Waals surface area contributed by atoms with Crippen molar-refractivity contribution in [3.63, 3.8) is 0 Å². The summed E-state index contributed by atoms with van der Waals surface area (Å²) in [4.78, 5) is 5.00. The average Bonchev–Trinajstić information content (AvgIpc) is 2.70. The number of aliphatic imine (C=N–C) groups is 1. The minimum atomic E-state index is -0.0339. The van der Waals surface area contributed by atoms with Gasteiger partial charge in [0.25, 0.3) is 0 Å². The number of nitrogens with one attached hydrogen (secondary N) is 2. The summed E-state index contributed by atoms with van der Waals surface area (Å²) in [5.41, 5.74) is 3.50. The van der Waals surface area contributed by atoms with Gasteiger partial charge in [-0.15, -0.1) is 0 Å². The number of hydrogen-bond donors (Lipinski definition) is 2. The molecule has 1 aliphatic carbocycles. The minimum absolute atomic E-state index is 0.0339. The maximum absolute atomic E-state index is 5.00. The van der Waals surface area contributed by atoms with Crippen LogP contribution in [0.5, 0.6) is 0 Å². The lowest BCUT2D eigenvalue weighted by Gasteiger charge is -2.44. The summed E-state index contributed by atoms with van der Waals surface area (Å²) < 4.78 is 1.12. The summed E-state index contributed by atoms with van der Waals surface area (Å²) in [6.07, 6.45) is 6.12. The normalized spacial score (nSPS) is 19.0. The third-order valence-corrected chi connectivity index (χ3v) is 5.85. The van der Waals surface area contributed by atoms with Crippen molar-refractivity contribution in [3.8, 4) is 0 Å². The fourth-order valence-electron chi connectivity index (χ4n) is 3.76. The van der Waals surface area contributed by atoms with Crippen LogP contribution in [-0.2, 0) is 6.54 Å². The quantitative estimate of drug-likeness (QED) is 0.580. The number of anilines is 2. The van der Waals surface area contributed by atoms with Gasteiger partial charge in [-0.1, -0.05) is 79.4 Å². The van der Waals surface area contributed by atoms with Gasteiger partial charge in [0, 0.05) is 4.47 Å². The van der Waals surface area contributed by atoms with E-state index in [-0.39, 0.29) is 5.54 Å². The Morgan fingerprint density at radius 3 is 2.31 bits per heavy atom. The monoisotopic (exact) mass is 413 g/mol. The van der Waals surface area contributed by atoms with E-state index in [1.54, 1.807) is 0 Å². The predicted molar refractivity (Wildman–Crippen MR) is 116 cm³/mol. The predicted octanol–water partition coefficient (Wildman–Crippen LogP) is 6.61. The van der Waals surface area contributed by atoms with E-state index in [4.69, 9.17) is 4.99 Å². The van der Waals surface area contributed by atoms with Crippen LogP contribution in [-0.4, -0.2) is 11.4 Å². The SMILES string of the molecule is Brc1ccccc1CN=C1Nc2ccccc2NC12CCCCC2.CC. The van der Waals surface area contributed by atoms with Crippen molar-refractivity contribution < 1.29 is 0 Å². The van der Waals surface area contributed by atoms with Gasteiger partial charge in [0.05, 0.1) is 23.5 Å². The van der Waals surface area contributed by atoms with Crippen LogP contribution in [0, 0.1) is 0 Å². The standard InChI is InChI=1S/C20H22BrN3.C2H6/c21-16-9-3-2-8-15(16)14-22-19-20(12-6-1-7-13-20)24-18-11-5-4-10-17(18)23-19;1-2/h2-5,8-11,24H,1,6-7,12-14H2,(H,22,23);1-2H3. The summed E-state index contributed by atoms with van der Waals surface area (Å²) >= 11 is 3.63. The molecule has 0 aromatic heterocycles. The van der Waals surface area contributed by atoms with Crippen molar-refractivity contribution in [2.75, 3.05) is 10.6 Å². The molecule has 26 heavy (non-hydrogen) atoms. The van der Waals surface area contributed by atoms with E-state index in [1.165, 1.54) is 30.5 Å². The number of benzene rings is 2. The lowest BCUT2D eigenvalue weighted by Crippen LogP contribution is -2.53. The van der Waals surface area contributed by atoms with Crippen molar-refractivity contribution in [1.29, 1.82) is 0 Å². The van der Waals surface area contributed by atoms with Gasteiger partial charge >= 0.3 is 0 Å². The molecule has 0 unspecified atom stereocenters. The van der Waals surface area contributed by atoms with E-state index in [9.17, 15) is 0 Å². The number of rotatable bonds is 2. The first-order valence-corrected chi connectivity index (χ1v) is 10.5. The van der Waals surface area contributed by atoms with Crippen molar-refractivity contribution in [2.45, 2.75) is 58.0 Å². The Labute approximate surface area is 165 Å². The maximum atomic E-state index is 5.00. The Bertz CT molecular complexity index is 763. The molecule has 3 nitrogen and oxygen atoms in total. The third-order valence-electron chi connectivity index (χ3n) is 5.08. The molecule has 0 saturated heterocycles. The molecule has 138 valence electrons. The molecule has 0 atom stereocenters. The lowest BCUT2D eigenvalue weighted by atomic mass is 9.79. The van der Waals surface area contributed by atoms with E-state index >= 15 is 0 Å². The van der Waals surface area contributed by atoms with Crippen molar-refractivity contribution in [3.05, 3.63) is 58.6 Å². The molecule has 2 aromatic rings. The molecule has 2 aliphatic rings. The molecule has 0 bridgehead atoms. The van der Waals surface area contributed by atoms with Gasteiger partial charge < -0.3 is 10.6 Å². The highest BCUT2D eigenvalue weighted by molar-refractivity contribution is 9.10. The fourth-order valence-corrected chi connectivity index (χ4v) is 4.17. The maximum Gasteiger partial charge on any atom is 0.127 e. The van der Waals surface area contributed by atoms with Gasteiger partial charge in [-0.05, 0) is 36.6 Å². The summed E-state index contributed by atoms with van der Waals surface area (Å²) in [5.74, 6) is 1.09. The Balaban J connectivity index is 0.000000948. The summed E-state index contributed by atoms with van der Waals surface area (Å²) in [5, 5.41) is 7.43. The number of amidine groups is 1. The second-order valence-electron chi connectivity index (χ2n) is 6.69. The Morgan fingerprint density at radius 1 is 0.923 bits per heavy atom. The molecule has 2 N–H and O–H groups in total. The first-order valence-electron chi connectivity index (χ1n) is 9.69. The summed E-state index contributed by atoms with van der Waals surface area (Å²) in [6.45, 7) is 4.69. The molecule has 1 saturated carbocycles. The van der Waals surface area contributed by atoms with Gasteiger partial charge in [-0.2, -0.15) is 0 Å². The van der Waals surface area contributed by atoms with Crippen LogP contribution in [0.1, 0.15) is 51.5 Å². The van der Waals surface area contributed by atoms with E-state index in [2.05, 4.69) is 69.0 Å². The molecular formula is C22H28BrN3. The van der Waals surface area contributed by atoms with Crippen LogP contribution < -0.4 is 10.6 Å². The summed E-state index contributed by atoms with van der Waals surface area (Å²) in [7, 11) is 0. The van der Waals surface area contributed by atoms with Crippen LogP contribution in [0.4, 0.5) is 11.4 Å². The molecule has 1 aliphatic heterocycles. The van der Waals surface area contributed by atoms with E-state index in [0.717, 1.165) is 28.8 Å². The number of hydrogen-bond acceptors (Lipinski definition) is 2. The molecule has 0 radical (unpaired) electrons. The topological polar surface area (TPSA) is 36.4 Å². The number of para-hydroxylation sites is 2. The summed E-state index contributed by atoms with van der Waals surface area (Å²) in [6, 6.07) is 16.7. The highest BCUT2D eigenvalue weighted by Gasteiger charge is 2.40. The van der Waals surface area contributed by atoms with Crippen LogP contribution in [0.25, 0.3) is 0 Å². The number of nitrogens with zero attached hydrogens (tertiary/aromatic N) is 1. The molecule has 4 heteroatoms. The Hall–Kier alpha value is -1.81. The zero-order valence-corrected chi connectivity index (χ0v) is 17.3. The Kier molecular flexibility index (Phi) is 6.36. The van der Waals surface area contributed by atoms with Gasteiger partial charge in [-0.3, -0.25) is 4.99 Å². The highest BCUT2D eigenvalue weighted by atomic mass is 79.9. The molecular weight excluding hydrogens is 386 g/mol.